The summed E-state index contributed by atoms with van der Waals surface area (Å²) in [6.45, 7) is 5.59. The van der Waals surface area contributed by atoms with Crippen LogP contribution in [0, 0.1) is 11.8 Å². The van der Waals surface area contributed by atoms with Crippen molar-refractivity contribution in [2.24, 2.45) is 11.8 Å². The fourth-order valence-electron chi connectivity index (χ4n) is 4.44. The maximum atomic E-state index is 12.3. The van der Waals surface area contributed by atoms with Crippen molar-refractivity contribution in [3.05, 3.63) is 0 Å². The molecule has 2 heterocycles. The van der Waals surface area contributed by atoms with Crippen molar-refractivity contribution >= 4 is 5.91 Å². The SMILES string of the molecule is CO[C@@H]1CCC[C@H]2C1OC(C)(C)N1C(=O)[C@H]([C@@H](C)O)[C@@H]21. The maximum Gasteiger partial charge on any atom is 0.232 e. The molecule has 2 aliphatic heterocycles. The summed E-state index contributed by atoms with van der Waals surface area (Å²) < 4.78 is 11.8. The number of amides is 1. The lowest BCUT2D eigenvalue weighted by Crippen LogP contribution is -2.78. The van der Waals surface area contributed by atoms with Crippen molar-refractivity contribution in [1.29, 1.82) is 0 Å². The van der Waals surface area contributed by atoms with Gasteiger partial charge in [-0.3, -0.25) is 4.79 Å². The van der Waals surface area contributed by atoms with E-state index in [0.29, 0.717) is 0 Å². The van der Waals surface area contributed by atoms with E-state index in [2.05, 4.69) is 0 Å². The Bertz CT molecular complexity index is 409. The second kappa shape index (κ2) is 4.68. The van der Waals surface area contributed by atoms with E-state index in [1.54, 1.807) is 14.0 Å². The van der Waals surface area contributed by atoms with Crippen LogP contribution in [0.1, 0.15) is 40.0 Å². The molecular weight excluding hydrogens is 258 g/mol. The molecule has 1 N–H and O–H groups in total. The van der Waals surface area contributed by atoms with Crippen molar-refractivity contribution in [3.8, 4) is 0 Å². The molecule has 1 aliphatic carbocycles. The van der Waals surface area contributed by atoms with Crippen molar-refractivity contribution in [3.63, 3.8) is 0 Å². The first-order chi connectivity index (χ1) is 9.38. The molecule has 0 aromatic rings. The quantitative estimate of drug-likeness (QED) is 0.772. The predicted molar refractivity (Wildman–Crippen MR) is 72.9 cm³/mol. The number of methoxy groups -OCH3 is 1. The van der Waals surface area contributed by atoms with Crippen LogP contribution < -0.4 is 0 Å². The van der Waals surface area contributed by atoms with Gasteiger partial charge in [0.1, 0.15) is 5.72 Å². The molecule has 114 valence electrons. The van der Waals surface area contributed by atoms with E-state index in [0.717, 1.165) is 19.3 Å². The molecule has 0 aromatic carbocycles. The largest absolute Gasteiger partial charge is 0.393 e. The van der Waals surface area contributed by atoms with Crippen molar-refractivity contribution in [1.82, 2.24) is 4.90 Å². The van der Waals surface area contributed by atoms with E-state index in [9.17, 15) is 9.90 Å². The Kier molecular flexibility index (Phi) is 3.35. The molecular formula is C15H25NO4. The summed E-state index contributed by atoms with van der Waals surface area (Å²) in [6, 6.07) is 0.0919. The van der Waals surface area contributed by atoms with Crippen LogP contribution >= 0.6 is 0 Å². The van der Waals surface area contributed by atoms with E-state index in [4.69, 9.17) is 9.47 Å². The van der Waals surface area contributed by atoms with Gasteiger partial charge in [-0.05, 0) is 33.6 Å². The van der Waals surface area contributed by atoms with Crippen LogP contribution in [0.4, 0.5) is 0 Å². The molecule has 1 saturated carbocycles. The van der Waals surface area contributed by atoms with Gasteiger partial charge in [-0.2, -0.15) is 0 Å². The number of carbonyl (C=O) groups is 1. The average molecular weight is 283 g/mol. The van der Waals surface area contributed by atoms with Crippen LogP contribution in [0.5, 0.6) is 0 Å². The number of rotatable bonds is 2. The zero-order valence-corrected chi connectivity index (χ0v) is 12.7. The summed E-state index contributed by atoms with van der Waals surface area (Å²) in [7, 11) is 1.73. The number of fused-ring (bicyclic) bond motifs is 3. The summed E-state index contributed by atoms with van der Waals surface area (Å²) in [4.78, 5) is 14.2. The topological polar surface area (TPSA) is 59.0 Å². The third kappa shape index (κ3) is 1.83. The number of nitrogens with zero attached hydrogens (tertiary/aromatic N) is 1. The highest BCUT2D eigenvalue weighted by atomic mass is 16.6. The second-order valence-corrected chi connectivity index (χ2v) is 6.86. The molecule has 0 bridgehead atoms. The minimum Gasteiger partial charge on any atom is -0.393 e. The molecule has 0 aromatic heterocycles. The van der Waals surface area contributed by atoms with E-state index >= 15 is 0 Å². The van der Waals surface area contributed by atoms with E-state index < -0.39 is 11.8 Å². The zero-order chi connectivity index (χ0) is 14.7. The second-order valence-electron chi connectivity index (χ2n) is 6.86. The zero-order valence-electron chi connectivity index (χ0n) is 12.7. The summed E-state index contributed by atoms with van der Waals surface area (Å²) in [5, 5.41) is 9.95. The number of aliphatic hydroxyl groups is 1. The lowest BCUT2D eigenvalue weighted by Gasteiger charge is -2.64. The molecule has 20 heavy (non-hydrogen) atoms. The number of carbonyl (C=O) groups excluding carboxylic acids is 1. The third-order valence-corrected chi connectivity index (χ3v) is 5.27. The van der Waals surface area contributed by atoms with Crippen LogP contribution in [0.15, 0.2) is 0 Å². The van der Waals surface area contributed by atoms with Crippen molar-refractivity contribution in [2.75, 3.05) is 7.11 Å². The number of aliphatic hydroxyl groups excluding tert-OH is 1. The van der Waals surface area contributed by atoms with Crippen LogP contribution in [-0.4, -0.2) is 53.1 Å². The van der Waals surface area contributed by atoms with E-state index in [1.165, 1.54) is 0 Å². The van der Waals surface area contributed by atoms with Gasteiger partial charge in [0, 0.05) is 13.0 Å². The maximum absolute atomic E-state index is 12.3. The van der Waals surface area contributed by atoms with Crippen LogP contribution in [0.25, 0.3) is 0 Å². The molecule has 3 aliphatic rings. The summed E-state index contributed by atoms with van der Waals surface area (Å²) in [5.74, 6) is 0.0216. The fourth-order valence-corrected chi connectivity index (χ4v) is 4.44. The van der Waals surface area contributed by atoms with Gasteiger partial charge in [-0.1, -0.05) is 6.42 Å². The van der Waals surface area contributed by atoms with Crippen LogP contribution in [0.2, 0.25) is 0 Å². The highest BCUT2D eigenvalue weighted by Crippen LogP contribution is 2.50. The van der Waals surface area contributed by atoms with E-state index in [-0.39, 0.29) is 36.0 Å². The molecule has 0 radical (unpaired) electrons. The van der Waals surface area contributed by atoms with Gasteiger partial charge < -0.3 is 19.5 Å². The van der Waals surface area contributed by atoms with Crippen LogP contribution in [-0.2, 0) is 14.3 Å². The van der Waals surface area contributed by atoms with Gasteiger partial charge in [0.25, 0.3) is 0 Å². The van der Waals surface area contributed by atoms with Gasteiger partial charge in [0.2, 0.25) is 5.91 Å². The average Bonchev–Trinajstić information content (AvgIpc) is 2.34. The molecule has 1 amide bonds. The molecule has 5 nitrogen and oxygen atoms in total. The smallest absolute Gasteiger partial charge is 0.232 e. The Morgan fingerprint density at radius 1 is 1.45 bits per heavy atom. The Balaban J connectivity index is 1.92. The Morgan fingerprint density at radius 3 is 2.75 bits per heavy atom. The van der Waals surface area contributed by atoms with Gasteiger partial charge in [0.15, 0.2) is 0 Å². The Morgan fingerprint density at radius 2 is 2.15 bits per heavy atom. The van der Waals surface area contributed by atoms with E-state index in [1.807, 2.05) is 18.7 Å². The lowest BCUT2D eigenvalue weighted by molar-refractivity contribution is -0.302. The predicted octanol–water partition coefficient (Wildman–Crippen LogP) is 1.14. The first kappa shape index (κ1) is 14.3. The molecule has 3 rings (SSSR count). The number of ether oxygens (including phenoxy) is 2. The molecule has 1 unspecified atom stereocenters. The molecule has 6 atom stereocenters. The first-order valence-electron chi connectivity index (χ1n) is 7.60. The van der Waals surface area contributed by atoms with Crippen LogP contribution in [0.3, 0.4) is 0 Å². The molecule has 0 spiro atoms. The van der Waals surface area contributed by atoms with Crippen molar-refractivity contribution in [2.45, 2.75) is 70.1 Å². The Labute approximate surface area is 120 Å². The standard InChI is InChI=1S/C15H25NO4/c1-8(17)11-12-9-6-5-7-10(19-4)13(9)20-15(2,3)16(12)14(11)18/h8-13,17H,5-7H2,1-4H3/t8-,9-,10-,11-,12-,13?/m1/s1. The molecule has 3 fully saturated rings. The minimum atomic E-state index is -0.609. The summed E-state index contributed by atoms with van der Waals surface area (Å²) in [5.41, 5.74) is -0.609. The Hall–Kier alpha value is -0.650. The highest BCUT2D eigenvalue weighted by Gasteiger charge is 2.64. The monoisotopic (exact) mass is 283 g/mol. The summed E-state index contributed by atoms with van der Waals surface area (Å²) in [6.07, 6.45) is 2.67. The highest BCUT2D eigenvalue weighted by molar-refractivity contribution is 5.87. The van der Waals surface area contributed by atoms with Gasteiger partial charge in [-0.15, -0.1) is 0 Å². The molecule has 2 saturated heterocycles. The third-order valence-electron chi connectivity index (χ3n) is 5.27. The minimum absolute atomic E-state index is 0.0213. The number of β-lactam (4-membered cyclic amide) rings is 1. The molecule has 5 heteroatoms. The fraction of sp³-hybridized carbons (Fsp3) is 0.933. The van der Waals surface area contributed by atoms with Gasteiger partial charge in [-0.25, -0.2) is 0 Å². The number of hydrogen-bond donors (Lipinski definition) is 1. The van der Waals surface area contributed by atoms with Gasteiger partial charge in [0.05, 0.1) is 30.3 Å². The lowest BCUT2D eigenvalue weighted by atomic mass is 9.66. The van der Waals surface area contributed by atoms with Gasteiger partial charge >= 0.3 is 0 Å². The number of hydrogen-bond acceptors (Lipinski definition) is 4. The normalized spacial score (nSPS) is 44.4. The first-order valence-corrected chi connectivity index (χ1v) is 7.60. The van der Waals surface area contributed by atoms with Crippen molar-refractivity contribution < 1.29 is 19.4 Å². The summed E-state index contributed by atoms with van der Waals surface area (Å²) >= 11 is 0.